The third-order valence-electron chi connectivity index (χ3n) is 4.40. The van der Waals surface area contributed by atoms with Crippen LogP contribution < -0.4 is 15.5 Å². The second-order valence-corrected chi connectivity index (χ2v) is 7.05. The van der Waals surface area contributed by atoms with Crippen molar-refractivity contribution in [2.45, 2.75) is 25.7 Å². The third kappa shape index (κ3) is 5.05. The fourth-order valence-corrected chi connectivity index (χ4v) is 3.01. The molecule has 13 heteroatoms. The zero-order valence-corrected chi connectivity index (χ0v) is 16.5. The molecule has 1 aliphatic heterocycles. The maximum atomic E-state index is 13.9. The molecule has 31 heavy (non-hydrogen) atoms. The summed E-state index contributed by atoms with van der Waals surface area (Å²) in [7, 11) is 0. The molecule has 3 aromatic heterocycles. The minimum atomic E-state index is -2.84. The summed E-state index contributed by atoms with van der Waals surface area (Å²) >= 11 is 0. The zero-order valence-electron chi connectivity index (χ0n) is 16.5. The summed E-state index contributed by atoms with van der Waals surface area (Å²) < 4.78 is 40.9. The molecule has 0 spiro atoms. The van der Waals surface area contributed by atoms with Crippen molar-refractivity contribution in [3.63, 3.8) is 0 Å². The van der Waals surface area contributed by atoms with Crippen LogP contribution in [0.1, 0.15) is 24.4 Å². The predicted octanol–water partition coefficient (Wildman–Crippen LogP) is 2.89. The average Bonchev–Trinajstić information content (AvgIpc) is 3.12. The van der Waals surface area contributed by atoms with Gasteiger partial charge in [0.2, 0.25) is 17.8 Å². The van der Waals surface area contributed by atoms with Gasteiger partial charge in [0, 0.05) is 24.7 Å². The number of alkyl halides is 2. The van der Waals surface area contributed by atoms with E-state index in [1.54, 1.807) is 6.07 Å². The quantitative estimate of drug-likeness (QED) is 0.540. The standard InChI is InChI=1S/C18H19F3N10/c1-10-6-13(30-29-10)25-16-26-15(24-11(2)14-22-7-12(19)8-23-14)27-17(28-16)31-5-3-4-18(20,21)9-31/h6-8H,2-5,9H2,1H3,(H3,24,25,26,27,28,29,30). The molecule has 1 saturated heterocycles. The number of nitrogens with zero attached hydrogens (tertiary/aromatic N) is 7. The van der Waals surface area contributed by atoms with Gasteiger partial charge in [-0.15, -0.1) is 0 Å². The van der Waals surface area contributed by atoms with Crippen molar-refractivity contribution in [1.29, 1.82) is 0 Å². The Labute approximate surface area is 175 Å². The van der Waals surface area contributed by atoms with Crippen LogP contribution in [0.5, 0.6) is 0 Å². The third-order valence-corrected chi connectivity index (χ3v) is 4.40. The van der Waals surface area contributed by atoms with E-state index in [0.717, 1.165) is 18.1 Å². The Hall–Kier alpha value is -3.77. The molecule has 4 rings (SSSR count). The van der Waals surface area contributed by atoms with Crippen molar-refractivity contribution in [1.82, 2.24) is 35.1 Å². The number of hydrogen-bond donors (Lipinski definition) is 3. The van der Waals surface area contributed by atoms with Gasteiger partial charge < -0.3 is 15.5 Å². The summed E-state index contributed by atoms with van der Waals surface area (Å²) in [5.41, 5.74) is 1.01. The van der Waals surface area contributed by atoms with Crippen molar-refractivity contribution < 1.29 is 13.2 Å². The van der Waals surface area contributed by atoms with Crippen LogP contribution in [0.2, 0.25) is 0 Å². The fourth-order valence-electron chi connectivity index (χ4n) is 3.01. The highest BCUT2D eigenvalue weighted by Gasteiger charge is 2.36. The highest BCUT2D eigenvalue weighted by Crippen LogP contribution is 2.29. The summed E-state index contributed by atoms with van der Waals surface area (Å²) in [4.78, 5) is 21.9. The maximum absolute atomic E-state index is 13.9. The Kier molecular flexibility index (Phi) is 5.40. The van der Waals surface area contributed by atoms with Gasteiger partial charge in [-0.2, -0.15) is 20.1 Å². The first-order valence-electron chi connectivity index (χ1n) is 9.39. The van der Waals surface area contributed by atoms with Gasteiger partial charge in [0.05, 0.1) is 24.6 Å². The number of aromatic amines is 1. The molecule has 3 aromatic rings. The van der Waals surface area contributed by atoms with Gasteiger partial charge in [-0.1, -0.05) is 6.58 Å². The molecule has 10 nitrogen and oxygen atoms in total. The van der Waals surface area contributed by atoms with Gasteiger partial charge in [0.15, 0.2) is 17.5 Å². The summed E-state index contributed by atoms with van der Waals surface area (Å²) in [6, 6.07) is 1.73. The van der Waals surface area contributed by atoms with Gasteiger partial charge in [-0.05, 0) is 13.3 Å². The minimum Gasteiger partial charge on any atom is -0.335 e. The first-order chi connectivity index (χ1) is 14.8. The highest BCUT2D eigenvalue weighted by molar-refractivity contribution is 5.69. The van der Waals surface area contributed by atoms with Crippen LogP contribution in [0.4, 0.5) is 36.8 Å². The number of anilines is 4. The van der Waals surface area contributed by atoms with Crippen LogP contribution in [0.3, 0.4) is 0 Å². The van der Waals surface area contributed by atoms with Crippen molar-refractivity contribution >= 4 is 29.4 Å². The van der Waals surface area contributed by atoms with Gasteiger partial charge >= 0.3 is 0 Å². The van der Waals surface area contributed by atoms with Crippen molar-refractivity contribution in [3.05, 3.63) is 42.4 Å². The molecule has 0 aromatic carbocycles. The summed E-state index contributed by atoms with van der Waals surface area (Å²) in [5, 5.41) is 12.6. The number of H-pyrrole nitrogens is 1. The van der Waals surface area contributed by atoms with Crippen molar-refractivity contribution in [2.24, 2.45) is 0 Å². The molecular weight excluding hydrogens is 413 g/mol. The molecule has 1 aliphatic rings. The molecule has 3 N–H and O–H groups in total. The lowest BCUT2D eigenvalue weighted by Crippen LogP contribution is -2.43. The summed E-state index contributed by atoms with van der Waals surface area (Å²) in [6.45, 7) is 5.50. The van der Waals surface area contributed by atoms with E-state index >= 15 is 0 Å². The number of nitrogens with one attached hydrogen (secondary N) is 3. The van der Waals surface area contributed by atoms with E-state index in [-0.39, 0.29) is 35.8 Å². The number of hydrogen-bond acceptors (Lipinski definition) is 9. The molecule has 0 bridgehead atoms. The van der Waals surface area contributed by atoms with Crippen molar-refractivity contribution in [2.75, 3.05) is 28.6 Å². The Morgan fingerprint density at radius 3 is 2.61 bits per heavy atom. The Balaban J connectivity index is 1.63. The molecule has 4 heterocycles. The summed E-state index contributed by atoms with van der Waals surface area (Å²) in [5.74, 6) is -2.65. The van der Waals surface area contributed by atoms with Gasteiger partial charge in [0.25, 0.3) is 5.92 Å². The van der Waals surface area contributed by atoms with Gasteiger partial charge in [0.1, 0.15) is 0 Å². The average molecular weight is 432 g/mol. The van der Waals surface area contributed by atoms with Crippen LogP contribution in [-0.4, -0.2) is 54.1 Å². The van der Waals surface area contributed by atoms with Gasteiger partial charge in [-0.3, -0.25) is 5.10 Å². The number of piperidine rings is 1. The fraction of sp³-hybridized carbons (Fsp3) is 0.333. The van der Waals surface area contributed by atoms with Gasteiger partial charge in [-0.25, -0.2) is 23.1 Å². The summed E-state index contributed by atoms with van der Waals surface area (Å²) in [6.07, 6.45) is 2.11. The second kappa shape index (κ2) is 8.16. The Morgan fingerprint density at radius 1 is 1.19 bits per heavy atom. The lowest BCUT2D eigenvalue weighted by Gasteiger charge is -2.32. The molecule has 0 atom stereocenters. The van der Waals surface area contributed by atoms with Crippen LogP contribution in [0.25, 0.3) is 5.70 Å². The monoisotopic (exact) mass is 432 g/mol. The Morgan fingerprint density at radius 2 is 1.94 bits per heavy atom. The van der Waals surface area contributed by atoms with Crippen LogP contribution in [0, 0.1) is 12.7 Å². The smallest absolute Gasteiger partial charge is 0.265 e. The van der Waals surface area contributed by atoms with E-state index in [1.165, 1.54) is 4.90 Å². The van der Waals surface area contributed by atoms with Crippen LogP contribution in [-0.2, 0) is 0 Å². The Bertz CT molecular complexity index is 1080. The molecule has 0 saturated carbocycles. The highest BCUT2D eigenvalue weighted by atomic mass is 19.3. The molecule has 0 radical (unpaired) electrons. The number of aryl methyl sites for hydroxylation is 1. The lowest BCUT2D eigenvalue weighted by atomic mass is 10.1. The normalized spacial score (nSPS) is 15.5. The molecule has 0 amide bonds. The molecule has 0 aliphatic carbocycles. The first kappa shape index (κ1) is 20.5. The molecule has 162 valence electrons. The van der Waals surface area contributed by atoms with Crippen molar-refractivity contribution in [3.8, 4) is 0 Å². The predicted molar refractivity (Wildman–Crippen MR) is 107 cm³/mol. The van der Waals surface area contributed by atoms with E-state index in [4.69, 9.17) is 0 Å². The minimum absolute atomic E-state index is 0.0339. The number of aromatic nitrogens is 7. The molecular formula is C18H19F3N10. The van der Waals surface area contributed by atoms with E-state index in [1.807, 2.05) is 6.92 Å². The van der Waals surface area contributed by atoms with E-state index in [9.17, 15) is 13.2 Å². The maximum Gasteiger partial charge on any atom is 0.265 e. The van der Waals surface area contributed by atoms with E-state index in [2.05, 4.69) is 52.3 Å². The number of halogens is 3. The second-order valence-electron chi connectivity index (χ2n) is 7.05. The van der Waals surface area contributed by atoms with Crippen LogP contribution >= 0.6 is 0 Å². The zero-order chi connectivity index (χ0) is 22.0. The topological polar surface area (TPSA) is 120 Å². The van der Waals surface area contributed by atoms with E-state index < -0.39 is 18.3 Å². The van der Waals surface area contributed by atoms with Crippen LogP contribution in [0.15, 0.2) is 25.0 Å². The first-order valence-corrected chi connectivity index (χ1v) is 9.39. The molecule has 1 fully saturated rings. The number of rotatable bonds is 6. The SMILES string of the molecule is C=C(Nc1nc(Nc2cc(C)[nH]n2)nc(N2CCCC(F)(F)C2)n1)c1ncc(F)cn1. The van der Waals surface area contributed by atoms with E-state index in [0.29, 0.717) is 18.8 Å². The lowest BCUT2D eigenvalue weighted by molar-refractivity contribution is -0.0120. The molecule has 0 unspecified atom stereocenters. The largest absolute Gasteiger partial charge is 0.335 e.